The number of benzene rings is 2. The van der Waals surface area contributed by atoms with Crippen molar-refractivity contribution in [3.05, 3.63) is 69.0 Å². The average molecular weight is 285 g/mol. The van der Waals surface area contributed by atoms with E-state index >= 15 is 0 Å². The van der Waals surface area contributed by atoms with Crippen molar-refractivity contribution in [2.24, 2.45) is 0 Å². The molecule has 2 aromatic carbocycles. The van der Waals surface area contributed by atoms with Gasteiger partial charge in [0.15, 0.2) is 0 Å². The van der Waals surface area contributed by atoms with Crippen molar-refractivity contribution in [3.63, 3.8) is 0 Å². The van der Waals surface area contributed by atoms with Crippen molar-refractivity contribution in [2.75, 3.05) is 0 Å². The molecule has 2 rings (SSSR count). The number of aryl methyl sites for hydroxylation is 1. The Balaban J connectivity index is 2.50. The van der Waals surface area contributed by atoms with Gasteiger partial charge in [0.2, 0.25) is 0 Å². The van der Waals surface area contributed by atoms with Crippen LogP contribution in [0.15, 0.2) is 36.4 Å². The molecule has 1 unspecified atom stereocenters. The average Bonchev–Trinajstić information content (AvgIpc) is 2.33. The molecule has 0 aromatic heterocycles. The van der Waals surface area contributed by atoms with Crippen molar-refractivity contribution < 1.29 is 9.50 Å². The summed E-state index contributed by atoms with van der Waals surface area (Å²) in [5.41, 5.74) is 1.43. The van der Waals surface area contributed by atoms with Crippen LogP contribution < -0.4 is 0 Å². The third kappa shape index (κ3) is 2.51. The molecule has 1 atom stereocenters. The Morgan fingerprint density at radius 1 is 1.06 bits per heavy atom. The summed E-state index contributed by atoms with van der Waals surface area (Å²) in [5, 5.41) is 10.9. The smallest absolute Gasteiger partial charge is 0.127 e. The van der Waals surface area contributed by atoms with Crippen LogP contribution in [0.25, 0.3) is 0 Å². The van der Waals surface area contributed by atoms with Gasteiger partial charge < -0.3 is 5.11 Å². The molecular weight excluding hydrogens is 274 g/mol. The number of halogens is 3. The molecule has 0 saturated carbocycles. The van der Waals surface area contributed by atoms with Gasteiger partial charge in [0.25, 0.3) is 0 Å². The van der Waals surface area contributed by atoms with Crippen LogP contribution in [0.5, 0.6) is 0 Å². The van der Waals surface area contributed by atoms with Crippen LogP contribution in [-0.4, -0.2) is 5.11 Å². The van der Waals surface area contributed by atoms with Gasteiger partial charge in [-0.2, -0.15) is 0 Å². The molecule has 4 heteroatoms. The quantitative estimate of drug-likeness (QED) is 0.860. The van der Waals surface area contributed by atoms with Gasteiger partial charge in [0, 0.05) is 21.2 Å². The monoisotopic (exact) mass is 284 g/mol. The summed E-state index contributed by atoms with van der Waals surface area (Å²) in [5.74, 6) is -0.393. The van der Waals surface area contributed by atoms with Crippen LogP contribution in [0.4, 0.5) is 4.39 Å². The summed E-state index contributed by atoms with van der Waals surface area (Å²) in [4.78, 5) is 0. The Labute approximate surface area is 115 Å². The minimum atomic E-state index is -0.967. The summed E-state index contributed by atoms with van der Waals surface area (Å²) in [6, 6.07) is 9.68. The summed E-state index contributed by atoms with van der Waals surface area (Å²) in [7, 11) is 0. The first-order valence-electron chi connectivity index (χ1n) is 5.38. The highest BCUT2D eigenvalue weighted by Gasteiger charge is 2.18. The molecule has 0 heterocycles. The van der Waals surface area contributed by atoms with Gasteiger partial charge in [-0.15, -0.1) is 0 Å². The van der Waals surface area contributed by atoms with Gasteiger partial charge in [0.05, 0.1) is 0 Å². The van der Waals surface area contributed by atoms with Crippen LogP contribution in [-0.2, 0) is 0 Å². The van der Waals surface area contributed by atoms with E-state index in [2.05, 4.69) is 0 Å². The highest BCUT2D eigenvalue weighted by molar-refractivity contribution is 6.32. The molecule has 0 aliphatic carbocycles. The van der Waals surface area contributed by atoms with Crippen molar-refractivity contribution in [3.8, 4) is 0 Å². The zero-order valence-electron chi connectivity index (χ0n) is 9.62. The third-order valence-corrected chi connectivity index (χ3v) is 3.44. The van der Waals surface area contributed by atoms with E-state index in [0.29, 0.717) is 21.7 Å². The van der Waals surface area contributed by atoms with Gasteiger partial charge in [-0.05, 0) is 30.7 Å². The molecule has 1 nitrogen and oxygen atoms in total. The van der Waals surface area contributed by atoms with Crippen LogP contribution in [0.2, 0.25) is 10.0 Å². The molecule has 1 N–H and O–H groups in total. The van der Waals surface area contributed by atoms with Crippen molar-refractivity contribution >= 4 is 23.2 Å². The molecule has 0 amide bonds. The number of hydrogen-bond acceptors (Lipinski definition) is 1. The SMILES string of the molecule is Cc1cc(C(O)c2ccccc2Cl)c(Cl)cc1F. The zero-order valence-corrected chi connectivity index (χ0v) is 11.1. The van der Waals surface area contributed by atoms with E-state index in [4.69, 9.17) is 23.2 Å². The van der Waals surface area contributed by atoms with Gasteiger partial charge in [-0.25, -0.2) is 4.39 Å². The van der Waals surface area contributed by atoms with Gasteiger partial charge in [-0.1, -0.05) is 41.4 Å². The summed E-state index contributed by atoms with van der Waals surface area (Å²) >= 11 is 12.0. The summed E-state index contributed by atoms with van der Waals surface area (Å²) in [6.45, 7) is 1.62. The van der Waals surface area contributed by atoms with Crippen LogP contribution in [0.1, 0.15) is 22.8 Å². The number of rotatable bonds is 2. The minimum absolute atomic E-state index is 0.186. The van der Waals surface area contributed by atoms with E-state index < -0.39 is 11.9 Å². The molecule has 0 aliphatic heterocycles. The van der Waals surface area contributed by atoms with E-state index in [9.17, 15) is 9.50 Å². The molecular formula is C14H11Cl2FO. The standard InChI is InChI=1S/C14H11Cl2FO/c1-8-6-10(12(16)7-13(8)17)14(18)9-4-2-3-5-11(9)15/h2-7,14,18H,1H3. The van der Waals surface area contributed by atoms with Crippen LogP contribution in [0, 0.1) is 12.7 Å². The van der Waals surface area contributed by atoms with Crippen LogP contribution in [0.3, 0.4) is 0 Å². The lowest BCUT2D eigenvalue weighted by Crippen LogP contribution is -2.02. The number of hydrogen-bond donors (Lipinski definition) is 1. The summed E-state index contributed by atoms with van der Waals surface area (Å²) < 4.78 is 13.3. The molecule has 18 heavy (non-hydrogen) atoms. The van der Waals surface area contributed by atoms with Gasteiger partial charge in [0.1, 0.15) is 11.9 Å². The lowest BCUT2D eigenvalue weighted by Gasteiger charge is -2.15. The van der Waals surface area contributed by atoms with Gasteiger partial charge in [-0.3, -0.25) is 0 Å². The lowest BCUT2D eigenvalue weighted by atomic mass is 9.99. The maximum absolute atomic E-state index is 13.3. The Morgan fingerprint density at radius 3 is 2.39 bits per heavy atom. The molecule has 0 fully saturated rings. The topological polar surface area (TPSA) is 20.2 Å². The highest BCUT2D eigenvalue weighted by atomic mass is 35.5. The zero-order chi connectivity index (χ0) is 13.3. The van der Waals surface area contributed by atoms with E-state index in [1.807, 2.05) is 0 Å². The van der Waals surface area contributed by atoms with Gasteiger partial charge >= 0.3 is 0 Å². The van der Waals surface area contributed by atoms with E-state index in [1.54, 1.807) is 31.2 Å². The predicted octanol–water partition coefficient (Wildman–Crippen LogP) is 4.52. The van der Waals surface area contributed by atoms with Crippen LogP contribution >= 0.6 is 23.2 Å². The normalized spacial score (nSPS) is 12.5. The molecule has 0 spiro atoms. The first kappa shape index (κ1) is 13.3. The Hall–Kier alpha value is -1.09. The first-order valence-corrected chi connectivity index (χ1v) is 6.14. The molecule has 0 radical (unpaired) electrons. The van der Waals surface area contributed by atoms with E-state index in [-0.39, 0.29) is 5.02 Å². The molecule has 0 saturated heterocycles. The van der Waals surface area contributed by atoms with Crippen molar-refractivity contribution in [1.29, 1.82) is 0 Å². The largest absolute Gasteiger partial charge is 0.384 e. The predicted molar refractivity (Wildman–Crippen MR) is 71.7 cm³/mol. The van der Waals surface area contributed by atoms with E-state index in [1.165, 1.54) is 12.1 Å². The second kappa shape index (κ2) is 5.27. The minimum Gasteiger partial charge on any atom is -0.384 e. The fourth-order valence-electron chi connectivity index (χ4n) is 1.75. The Kier molecular flexibility index (Phi) is 3.91. The number of aliphatic hydroxyl groups is 1. The molecule has 0 bridgehead atoms. The first-order chi connectivity index (χ1) is 8.50. The molecule has 2 aromatic rings. The lowest BCUT2D eigenvalue weighted by molar-refractivity contribution is 0.220. The molecule has 94 valence electrons. The maximum Gasteiger partial charge on any atom is 0.127 e. The second-order valence-corrected chi connectivity index (χ2v) is 4.86. The van der Waals surface area contributed by atoms with E-state index in [0.717, 1.165) is 0 Å². The Morgan fingerprint density at radius 2 is 1.72 bits per heavy atom. The fraction of sp³-hybridized carbons (Fsp3) is 0.143. The maximum atomic E-state index is 13.3. The Bertz CT molecular complexity index is 584. The van der Waals surface area contributed by atoms with Crippen molar-refractivity contribution in [1.82, 2.24) is 0 Å². The van der Waals surface area contributed by atoms with Crippen molar-refractivity contribution in [2.45, 2.75) is 13.0 Å². The second-order valence-electron chi connectivity index (χ2n) is 4.05. The highest BCUT2D eigenvalue weighted by Crippen LogP contribution is 2.33. The summed E-state index contributed by atoms with van der Waals surface area (Å²) in [6.07, 6.45) is -0.967. The number of aliphatic hydroxyl groups excluding tert-OH is 1. The molecule has 0 aliphatic rings. The fourth-order valence-corrected chi connectivity index (χ4v) is 2.25. The third-order valence-electron chi connectivity index (χ3n) is 2.77.